The van der Waals surface area contributed by atoms with Crippen LogP contribution in [0, 0.1) is 0 Å². The molecular weight excluding hydrogens is 389 g/mol. The number of hydrogen-bond acceptors (Lipinski definition) is 5. The molecule has 0 saturated carbocycles. The van der Waals surface area contributed by atoms with Gasteiger partial charge in [0.25, 0.3) is 5.91 Å². The van der Waals surface area contributed by atoms with Gasteiger partial charge in [0, 0.05) is 26.2 Å². The molecule has 1 saturated heterocycles. The zero-order chi connectivity index (χ0) is 17.6. The summed E-state index contributed by atoms with van der Waals surface area (Å²) in [6, 6.07) is 9.80. The van der Waals surface area contributed by atoms with E-state index in [0.717, 1.165) is 38.0 Å². The first kappa shape index (κ1) is 23.5. The number of nitrogens with zero attached hydrogens (tertiary/aromatic N) is 1. The fraction of sp³-hybridized carbons (Fsp3) is 0.421. The second kappa shape index (κ2) is 11.3. The monoisotopic (exact) mass is 415 g/mol. The van der Waals surface area contributed by atoms with E-state index >= 15 is 0 Å². The maximum Gasteiger partial charge on any atom is 0.254 e. The van der Waals surface area contributed by atoms with E-state index in [1.807, 2.05) is 18.2 Å². The SMILES string of the molecule is Cl.Cl.NCc1cc(C(=O)NCc2ccccc2CN2CCC(O)CC2)co1. The molecule has 2 heterocycles. The number of nitrogens with two attached hydrogens (primary N) is 1. The summed E-state index contributed by atoms with van der Waals surface area (Å²) in [6.07, 6.45) is 2.91. The van der Waals surface area contributed by atoms with E-state index in [1.165, 1.54) is 11.8 Å². The van der Waals surface area contributed by atoms with Crippen molar-refractivity contribution in [2.24, 2.45) is 5.73 Å². The van der Waals surface area contributed by atoms with Crippen molar-refractivity contribution in [2.75, 3.05) is 13.1 Å². The predicted molar refractivity (Wildman–Crippen MR) is 109 cm³/mol. The lowest BCUT2D eigenvalue weighted by atomic mass is 10.0. The van der Waals surface area contributed by atoms with Crippen LogP contribution >= 0.6 is 24.8 Å². The van der Waals surface area contributed by atoms with Gasteiger partial charge in [0.1, 0.15) is 12.0 Å². The Kier molecular flexibility index (Phi) is 9.83. The van der Waals surface area contributed by atoms with Crippen LogP contribution in [0.1, 0.15) is 40.1 Å². The summed E-state index contributed by atoms with van der Waals surface area (Å²) in [5.41, 5.74) is 8.29. The summed E-state index contributed by atoms with van der Waals surface area (Å²) in [4.78, 5) is 14.6. The average Bonchev–Trinajstić information content (AvgIpc) is 3.12. The quantitative estimate of drug-likeness (QED) is 0.673. The molecule has 1 aliphatic rings. The van der Waals surface area contributed by atoms with Crippen LogP contribution in [0.25, 0.3) is 0 Å². The number of hydrogen-bond donors (Lipinski definition) is 3. The van der Waals surface area contributed by atoms with Crippen LogP contribution in [0.2, 0.25) is 0 Å². The minimum atomic E-state index is -0.167. The van der Waals surface area contributed by atoms with Crippen LogP contribution in [0.15, 0.2) is 41.0 Å². The molecular formula is C19H27Cl2N3O3. The lowest BCUT2D eigenvalue weighted by molar-refractivity contribution is 0.0790. The molecule has 1 aromatic heterocycles. The maximum atomic E-state index is 12.2. The largest absolute Gasteiger partial charge is 0.467 e. The highest BCUT2D eigenvalue weighted by molar-refractivity contribution is 5.93. The molecule has 0 atom stereocenters. The highest BCUT2D eigenvalue weighted by Crippen LogP contribution is 2.17. The molecule has 1 aliphatic heterocycles. The zero-order valence-corrected chi connectivity index (χ0v) is 16.7. The molecule has 3 rings (SSSR count). The number of halogens is 2. The first-order chi connectivity index (χ1) is 12.2. The van der Waals surface area contributed by atoms with Crippen molar-refractivity contribution < 1.29 is 14.3 Å². The van der Waals surface area contributed by atoms with Crippen molar-refractivity contribution in [1.82, 2.24) is 10.2 Å². The molecule has 27 heavy (non-hydrogen) atoms. The molecule has 0 spiro atoms. The molecule has 6 nitrogen and oxygen atoms in total. The minimum absolute atomic E-state index is 0. The summed E-state index contributed by atoms with van der Waals surface area (Å²) in [7, 11) is 0. The number of rotatable bonds is 6. The van der Waals surface area contributed by atoms with E-state index in [9.17, 15) is 9.90 Å². The molecule has 150 valence electrons. The fourth-order valence-corrected chi connectivity index (χ4v) is 3.09. The smallest absolute Gasteiger partial charge is 0.254 e. The van der Waals surface area contributed by atoms with Crippen LogP contribution in [-0.2, 0) is 19.6 Å². The Morgan fingerprint density at radius 1 is 1.22 bits per heavy atom. The molecule has 0 radical (unpaired) electrons. The van der Waals surface area contributed by atoms with Gasteiger partial charge in [0.2, 0.25) is 0 Å². The average molecular weight is 416 g/mol. The molecule has 4 N–H and O–H groups in total. The van der Waals surface area contributed by atoms with Crippen molar-refractivity contribution in [3.8, 4) is 0 Å². The molecule has 1 amide bonds. The van der Waals surface area contributed by atoms with Crippen molar-refractivity contribution in [3.05, 3.63) is 59.0 Å². The third-order valence-corrected chi connectivity index (χ3v) is 4.63. The zero-order valence-electron chi connectivity index (χ0n) is 15.1. The first-order valence-electron chi connectivity index (χ1n) is 8.68. The van der Waals surface area contributed by atoms with Gasteiger partial charge in [-0.05, 0) is 30.0 Å². The number of carbonyl (C=O) groups excluding carboxylic acids is 1. The van der Waals surface area contributed by atoms with Crippen molar-refractivity contribution in [1.29, 1.82) is 0 Å². The van der Waals surface area contributed by atoms with Gasteiger partial charge in [0.15, 0.2) is 0 Å². The van der Waals surface area contributed by atoms with E-state index in [0.29, 0.717) is 17.9 Å². The van der Waals surface area contributed by atoms with Crippen LogP contribution < -0.4 is 11.1 Å². The maximum absolute atomic E-state index is 12.2. The number of amides is 1. The third kappa shape index (κ3) is 6.52. The molecule has 2 aromatic rings. The van der Waals surface area contributed by atoms with Gasteiger partial charge in [-0.15, -0.1) is 24.8 Å². The van der Waals surface area contributed by atoms with E-state index in [4.69, 9.17) is 10.2 Å². The van der Waals surface area contributed by atoms with Crippen molar-refractivity contribution >= 4 is 30.7 Å². The molecule has 0 aliphatic carbocycles. The van der Waals surface area contributed by atoms with Gasteiger partial charge in [-0.1, -0.05) is 24.3 Å². The molecule has 0 unspecified atom stereocenters. The van der Waals surface area contributed by atoms with Gasteiger partial charge in [0.05, 0.1) is 18.2 Å². The van der Waals surface area contributed by atoms with Gasteiger partial charge >= 0.3 is 0 Å². The third-order valence-electron chi connectivity index (χ3n) is 4.63. The lowest BCUT2D eigenvalue weighted by Crippen LogP contribution is -2.35. The summed E-state index contributed by atoms with van der Waals surface area (Å²) in [5, 5.41) is 12.6. The van der Waals surface area contributed by atoms with Crippen molar-refractivity contribution in [2.45, 2.75) is 38.6 Å². The predicted octanol–water partition coefficient (Wildman–Crippen LogP) is 2.47. The highest BCUT2D eigenvalue weighted by Gasteiger charge is 2.18. The van der Waals surface area contributed by atoms with Crippen LogP contribution in [0.3, 0.4) is 0 Å². The number of aliphatic hydroxyl groups is 1. The number of piperidine rings is 1. The normalized spacial score (nSPS) is 14.9. The topological polar surface area (TPSA) is 91.7 Å². The Bertz CT molecular complexity index is 716. The number of furan rings is 1. The van der Waals surface area contributed by atoms with Crippen LogP contribution in [0.5, 0.6) is 0 Å². The van der Waals surface area contributed by atoms with E-state index < -0.39 is 0 Å². The second-order valence-electron chi connectivity index (χ2n) is 6.46. The summed E-state index contributed by atoms with van der Waals surface area (Å²) >= 11 is 0. The number of carbonyl (C=O) groups is 1. The van der Waals surface area contributed by atoms with Gasteiger partial charge < -0.3 is 20.6 Å². The number of nitrogens with one attached hydrogen (secondary N) is 1. The Labute approximate surface area is 171 Å². The van der Waals surface area contributed by atoms with Crippen LogP contribution in [0.4, 0.5) is 0 Å². The Hall–Kier alpha value is -1.57. The van der Waals surface area contributed by atoms with Crippen molar-refractivity contribution in [3.63, 3.8) is 0 Å². The minimum Gasteiger partial charge on any atom is -0.467 e. The molecule has 1 fully saturated rings. The van der Waals surface area contributed by atoms with Gasteiger partial charge in [-0.2, -0.15) is 0 Å². The number of aliphatic hydroxyl groups excluding tert-OH is 1. The Morgan fingerprint density at radius 2 is 1.89 bits per heavy atom. The lowest BCUT2D eigenvalue weighted by Gasteiger charge is -2.30. The second-order valence-corrected chi connectivity index (χ2v) is 6.46. The molecule has 8 heteroatoms. The molecule has 0 bridgehead atoms. The first-order valence-corrected chi connectivity index (χ1v) is 8.68. The fourth-order valence-electron chi connectivity index (χ4n) is 3.09. The number of likely N-dealkylation sites (tertiary alicyclic amines) is 1. The van der Waals surface area contributed by atoms with E-state index in [2.05, 4.69) is 16.3 Å². The summed E-state index contributed by atoms with van der Waals surface area (Å²) < 4.78 is 5.21. The summed E-state index contributed by atoms with van der Waals surface area (Å²) in [5.74, 6) is 0.428. The van der Waals surface area contributed by atoms with E-state index in [1.54, 1.807) is 6.07 Å². The highest BCUT2D eigenvalue weighted by atomic mass is 35.5. The Morgan fingerprint density at radius 3 is 2.52 bits per heavy atom. The summed E-state index contributed by atoms with van der Waals surface area (Å²) in [6.45, 7) is 3.38. The van der Waals surface area contributed by atoms with Crippen LogP contribution in [-0.4, -0.2) is 35.1 Å². The standard InChI is InChI=1S/C19H25N3O3.2ClH/c20-10-18-9-16(13-25-18)19(24)21-11-14-3-1-2-4-15(14)12-22-7-5-17(23)6-8-22;;/h1-4,9,13,17,23H,5-8,10-12,20H2,(H,21,24);2*1H. The Balaban J connectivity index is 0.00000182. The van der Waals surface area contributed by atoms with E-state index in [-0.39, 0.29) is 43.4 Å². The number of benzene rings is 1. The van der Waals surface area contributed by atoms with Gasteiger partial charge in [-0.3, -0.25) is 9.69 Å². The molecule has 1 aromatic carbocycles. The van der Waals surface area contributed by atoms with Gasteiger partial charge in [-0.25, -0.2) is 0 Å².